The molecule has 1 amide bonds. The molecule has 4 nitrogen and oxygen atoms in total. The lowest BCUT2D eigenvalue weighted by Gasteiger charge is -2.33. The minimum absolute atomic E-state index is 0.0370. The van der Waals surface area contributed by atoms with Crippen LogP contribution >= 0.6 is 0 Å². The monoisotopic (exact) mass is 313 g/mol. The summed E-state index contributed by atoms with van der Waals surface area (Å²) in [6.45, 7) is 5.12. The molecular formula is C19H27N3O. The molecule has 4 heteroatoms. The lowest BCUT2D eigenvalue weighted by Crippen LogP contribution is -2.50. The molecule has 23 heavy (non-hydrogen) atoms. The van der Waals surface area contributed by atoms with E-state index in [1.807, 2.05) is 0 Å². The zero-order valence-corrected chi connectivity index (χ0v) is 13.8. The molecule has 2 saturated heterocycles. The second-order valence-electron chi connectivity index (χ2n) is 7.23. The number of likely N-dealkylation sites (tertiary alicyclic amines) is 2. The predicted octanol–water partition coefficient (Wildman–Crippen LogP) is 1.79. The molecule has 124 valence electrons. The highest BCUT2D eigenvalue weighted by Crippen LogP contribution is 2.23. The Bertz CT molecular complexity index is 567. The van der Waals surface area contributed by atoms with Crippen molar-refractivity contribution in [1.29, 1.82) is 0 Å². The van der Waals surface area contributed by atoms with Crippen LogP contribution in [0.4, 0.5) is 0 Å². The molecule has 0 aliphatic carbocycles. The summed E-state index contributed by atoms with van der Waals surface area (Å²) in [6.07, 6.45) is 6.00. The van der Waals surface area contributed by atoms with E-state index in [-0.39, 0.29) is 6.04 Å². The van der Waals surface area contributed by atoms with Crippen molar-refractivity contribution >= 4 is 5.91 Å². The van der Waals surface area contributed by atoms with E-state index in [4.69, 9.17) is 0 Å². The van der Waals surface area contributed by atoms with Gasteiger partial charge in [-0.3, -0.25) is 9.69 Å². The van der Waals surface area contributed by atoms with Crippen LogP contribution in [0.3, 0.4) is 0 Å². The third kappa shape index (κ3) is 3.15. The van der Waals surface area contributed by atoms with Gasteiger partial charge in [0.2, 0.25) is 5.91 Å². The number of benzene rings is 1. The molecule has 0 spiro atoms. The van der Waals surface area contributed by atoms with E-state index in [9.17, 15) is 4.79 Å². The smallest absolute Gasteiger partial charge is 0.240 e. The Kier molecular flexibility index (Phi) is 4.36. The quantitative estimate of drug-likeness (QED) is 0.904. The van der Waals surface area contributed by atoms with Gasteiger partial charge in [-0.2, -0.15) is 0 Å². The van der Waals surface area contributed by atoms with Crippen LogP contribution < -0.4 is 5.32 Å². The van der Waals surface area contributed by atoms with Crippen LogP contribution in [0.15, 0.2) is 24.3 Å². The molecule has 0 aromatic heterocycles. The van der Waals surface area contributed by atoms with Crippen molar-refractivity contribution in [2.45, 2.75) is 50.7 Å². The summed E-state index contributed by atoms with van der Waals surface area (Å²) in [4.78, 5) is 17.6. The van der Waals surface area contributed by atoms with Gasteiger partial charge in [0.05, 0.1) is 6.04 Å². The second kappa shape index (κ2) is 6.62. The molecule has 2 atom stereocenters. The molecule has 0 bridgehead atoms. The van der Waals surface area contributed by atoms with Crippen molar-refractivity contribution in [3.63, 3.8) is 0 Å². The van der Waals surface area contributed by atoms with Crippen LogP contribution in [0.2, 0.25) is 0 Å². The highest BCUT2D eigenvalue weighted by Gasteiger charge is 2.34. The molecule has 2 unspecified atom stereocenters. The van der Waals surface area contributed by atoms with E-state index < -0.39 is 0 Å². The Morgan fingerprint density at radius 3 is 2.65 bits per heavy atom. The number of nitrogens with zero attached hydrogens (tertiary/aromatic N) is 2. The third-order valence-electron chi connectivity index (χ3n) is 5.76. The maximum atomic E-state index is 12.9. The van der Waals surface area contributed by atoms with Crippen molar-refractivity contribution in [2.24, 2.45) is 0 Å². The fourth-order valence-electron chi connectivity index (χ4n) is 4.37. The minimum atomic E-state index is -0.0370. The fourth-order valence-corrected chi connectivity index (χ4v) is 4.37. The first-order chi connectivity index (χ1) is 11.3. The van der Waals surface area contributed by atoms with Crippen LogP contribution in [-0.2, 0) is 17.8 Å². The van der Waals surface area contributed by atoms with Crippen LogP contribution in [-0.4, -0.2) is 54.0 Å². The van der Waals surface area contributed by atoms with Gasteiger partial charge < -0.3 is 10.2 Å². The van der Waals surface area contributed by atoms with Crippen molar-refractivity contribution in [1.82, 2.24) is 15.1 Å². The maximum absolute atomic E-state index is 12.9. The highest BCUT2D eigenvalue weighted by molar-refractivity contribution is 5.83. The average Bonchev–Trinajstić information content (AvgIpc) is 3.11. The SMILES string of the molecule is O=C(C1Cc2ccccc2CN1)N1CCC(N2CCCCC2)C1. The predicted molar refractivity (Wildman–Crippen MR) is 91.2 cm³/mol. The van der Waals surface area contributed by atoms with E-state index in [1.165, 1.54) is 43.5 Å². The standard InChI is InChI=1S/C19H27N3O/c23-19(18-12-15-6-2-3-7-16(15)13-20-18)22-11-8-17(14-22)21-9-4-1-5-10-21/h2-3,6-7,17-18,20H,1,4-5,8-14H2. The number of carbonyl (C=O) groups is 1. The average molecular weight is 313 g/mol. The third-order valence-corrected chi connectivity index (χ3v) is 5.76. The number of hydrogen-bond donors (Lipinski definition) is 1. The molecule has 2 fully saturated rings. The van der Waals surface area contributed by atoms with Gasteiger partial charge in [0.15, 0.2) is 0 Å². The van der Waals surface area contributed by atoms with Crippen LogP contribution in [0.25, 0.3) is 0 Å². The largest absolute Gasteiger partial charge is 0.340 e. The second-order valence-corrected chi connectivity index (χ2v) is 7.23. The van der Waals surface area contributed by atoms with Gasteiger partial charge in [-0.15, -0.1) is 0 Å². The molecule has 3 aliphatic heterocycles. The number of piperidine rings is 1. The van der Waals surface area contributed by atoms with Crippen molar-refractivity contribution < 1.29 is 4.79 Å². The topological polar surface area (TPSA) is 35.6 Å². The molecule has 3 aliphatic rings. The maximum Gasteiger partial charge on any atom is 0.240 e. The summed E-state index contributed by atoms with van der Waals surface area (Å²) < 4.78 is 0. The summed E-state index contributed by atoms with van der Waals surface area (Å²) in [5.74, 6) is 0.305. The summed E-state index contributed by atoms with van der Waals surface area (Å²) in [6, 6.07) is 9.03. The van der Waals surface area contributed by atoms with Crippen LogP contribution in [0, 0.1) is 0 Å². The van der Waals surface area contributed by atoms with E-state index in [1.54, 1.807) is 0 Å². The zero-order chi connectivity index (χ0) is 15.6. The van der Waals surface area contributed by atoms with E-state index >= 15 is 0 Å². The van der Waals surface area contributed by atoms with Gasteiger partial charge in [0.25, 0.3) is 0 Å². The summed E-state index contributed by atoms with van der Waals surface area (Å²) in [7, 11) is 0. The number of amides is 1. The Morgan fingerprint density at radius 1 is 1.04 bits per heavy atom. The zero-order valence-electron chi connectivity index (χ0n) is 13.8. The lowest BCUT2D eigenvalue weighted by atomic mass is 9.95. The number of hydrogen-bond acceptors (Lipinski definition) is 3. The van der Waals surface area contributed by atoms with E-state index in [2.05, 4.69) is 39.4 Å². The molecule has 1 aromatic carbocycles. The Morgan fingerprint density at radius 2 is 1.83 bits per heavy atom. The molecule has 1 N–H and O–H groups in total. The van der Waals surface area contributed by atoms with Gasteiger partial charge in [-0.05, 0) is 49.9 Å². The van der Waals surface area contributed by atoms with E-state index in [0.717, 1.165) is 32.5 Å². The Hall–Kier alpha value is -1.39. The number of carbonyl (C=O) groups excluding carboxylic acids is 1. The molecule has 1 aromatic rings. The number of nitrogens with one attached hydrogen (secondary N) is 1. The van der Waals surface area contributed by atoms with Crippen LogP contribution in [0.1, 0.15) is 36.8 Å². The minimum Gasteiger partial charge on any atom is -0.340 e. The van der Waals surface area contributed by atoms with Gasteiger partial charge in [0.1, 0.15) is 0 Å². The van der Waals surface area contributed by atoms with Crippen molar-refractivity contribution in [2.75, 3.05) is 26.2 Å². The fraction of sp³-hybridized carbons (Fsp3) is 0.632. The van der Waals surface area contributed by atoms with Gasteiger partial charge in [-0.1, -0.05) is 30.7 Å². The van der Waals surface area contributed by atoms with Crippen molar-refractivity contribution in [3.8, 4) is 0 Å². The van der Waals surface area contributed by atoms with Crippen molar-refractivity contribution in [3.05, 3.63) is 35.4 Å². The van der Waals surface area contributed by atoms with E-state index in [0.29, 0.717) is 11.9 Å². The first-order valence-electron chi connectivity index (χ1n) is 9.14. The number of fused-ring (bicyclic) bond motifs is 1. The summed E-state index contributed by atoms with van der Waals surface area (Å²) in [5.41, 5.74) is 2.67. The molecule has 3 heterocycles. The lowest BCUT2D eigenvalue weighted by molar-refractivity contribution is -0.132. The molecule has 0 saturated carbocycles. The summed E-state index contributed by atoms with van der Waals surface area (Å²) >= 11 is 0. The van der Waals surface area contributed by atoms with Gasteiger partial charge in [0, 0.05) is 25.7 Å². The molecule has 0 radical (unpaired) electrons. The first kappa shape index (κ1) is 15.2. The van der Waals surface area contributed by atoms with Gasteiger partial charge >= 0.3 is 0 Å². The molecule has 4 rings (SSSR count). The van der Waals surface area contributed by atoms with Gasteiger partial charge in [-0.25, -0.2) is 0 Å². The molecular weight excluding hydrogens is 286 g/mol. The summed E-state index contributed by atoms with van der Waals surface area (Å²) in [5, 5.41) is 3.44. The Balaban J connectivity index is 1.37. The van der Waals surface area contributed by atoms with Crippen LogP contribution in [0.5, 0.6) is 0 Å². The normalized spacial score (nSPS) is 28.6. The highest BCUT2D eigenvalue weighted by atomic mass is 16.2. The number of rotatable bonds is 2. The first-order valence-corrected chi connectivity index (χ1v) is 9.14. The Labute approximate surface area is 138 Å².